The van der Waals surface area contributed by atoms with Gasteiger partial charge in [0.15, 0.2) is 5.84 Å². The molecular weight excluding hydrogens is 309 g/mol. The van der Waals surface area contributed by atoms with Gasteiger partial charge < -0.3 is 19.9 Å². The maximum absolute atomic E-state index is 11.5. The summed E-state index contributed by atoms with van der Waals surface area (Å²) in [5.41, 5.74) is -0.0735. The molecule has 1 unspecified atom stereocenters. The van der Waals surface area contributed by atoms with Gasteiger partial charge in [-0.25, -0.2) is 4.79 Å². The number of amidine groups is 1. The van der Waals surface area contributed by atoms with Crippen LogP contribution in [0.4, 0.5) is 4.79 Å². The molecule has 2 amide bonds. The largest absolute Gasteiger partial charge is 0.389 e. The third-order valence-electron chi connectivity index (χ3n) is 3.28. The highest BCUT2D eigenvalue weighted by atomic mass is 31.2. The summed E-state index contributed by atoms with van der Waals surface area (Å²) >= 11 is 0. The second-order valence-corrected chi connectivity index (χ2v) is 7.03. The minimum atomic E-state index is -4.16. The van der Waals surface area contributed by atoms with E-state index in [0.29, 0.717) is 0 Å². The van der Waals surface area contributed by atoms with Crippen LogP contribution in [0.3, 0.4) is 0 Å². The molecule has 0 aromatic heterocycles. The predicted octanol–water partition coefficient (Wildman–Crippen LogP) is 1.16. The number of hydrogen-bond donors (Lipinski definition) is 4. The molecule has 0 bridgehead atoms. The molecule has 8 nitrogen and oxygen atoms in total. The Bertz CT molecular complexity index is 615. The molecule has 1 aliphatic heterocycles. The molecule has 1 aromatic rings. The van der Waals surface area contributed by atoms with E-state index in [2.05, 4.69) is 15.8 Å². The summed E-state index contributed by atoms with van der Waals surface area (Å²) in [6.07, 6.45) is -0.313. The van der Waals surface area contributed by atoms with Crippen LogP contribution < -0.4 is 10.6 Å². The highest BCUT2D eigenvalue weighted by molar-refractivity contribution is 7.51. The first-order chi connectivity index (χ1) is 10.3. The van der Waals surface area contributed by atoms with Crippen molar-refractivity contribution in [2.45, 2.75) is 25.5 Å². The van der Waals surface area contributed by atoms with Gasteiger partial charge in [-0.05, 0) is 18.9 Å². The fourth-order valence-electron chi connectivity index (χ4n) is 2.01. The Morgan fingerprint density at radius 3 is 2.64 bits per heavy atom. The number of nitrogens with one attached hydrogen (secondary N) is 2. The van der Waals surface area contributed by atoms with Crippen LogP contribution in [0.15, 0.2) is 35.5 Å². The molecule has 2 rings (SSSR count). The average molecular weight is 327 g/mol. The molecular formula is C13H18N3O5P. The van der Waals surface area contributed by atoms with Gasteiger partial charge in [-0.1, -0.05) is 35.5 Å². The molecule has 1 aromatic carbocycles. The van der Waals surface area contributed by atoms with E-state index in [1.807, 2.05) is 30.3 Å². The van der Waals surface area contributed by atoms with Crippen molar-refractivity contribution in [3.63, 3.8) is 0 Å². The van der Waals surface area contributed by atoms with Gasteiger partial charge in [0.25, 0.3) is 0 Å². The summed E-state index contributed by atoms with van der Waals surface area (Å²) in [4.78, 5) is 34.6. The van der Waals surface area contributed by atoms with Crippen molar-refractivity contribution >= 4 is 19.5 Å². The summed E-state index contributed by atoms with van der Waals surface area (Å²) in [5.74, 6) is 0.210. The van der Waals surface area contributed by atoms with E-state index >= 15 is 0 Å². The standard InChI is InChI=1S/C13H18N3O5P/c1-13(7-8-22(18,19)20)11(14-12(17)15-13)16-21-9-10-5-3-2-4-6-10/h2-6H,7-9H2,1H3,(H2,18,19,20)(H2,14,15,16,17). The fourth-order valence-corrected chi connectivity index (χ4v) is 2.74. The van der Waals surface area contributed by atoms with Gasteiger partial charge >= 0.3 is 13.6 Å². The number of oxime groups is 1. The van der Waals surface area contributed by atoms with Crippen LogP contribution in [0.5, 0.6) is 0 Å². The molecule has 1 atom stereocenters. The Kier molecular flexibility index (Phi) is 4.85. The van der Waals surface area contributed by atoms with Crippen molar-refractivity contribution in [3.8, 4) is 0 Å². The molecule has 9 heteroatoms. The minimum Gasteiger partial charge on any atom is -0.389 e. The lowest BCUT2D eigenvalue weighted by atomic mass is 9.99. The van der Waals surface area contributed by atoms with Gasteiger partial charge in [-0.15, -0.1) is 0 Å². The number of amides is 2. The molecule has 120 valence electrons. The molecule has 22 heavy (non-hydrogen) atoms. The maximum Gasteiger partial charge on any atom is 0.325 e. The third kappa shape index (κ3) is 4.56. The zero-order valence-electron chi connectivity index (χ0n) is 12.0. The van der Waals surface area contributed by atoms with E-state index < -0.39 is 19.2 Å². The fraction of sp³-hybridized carbons (Fsp3) is 0.385. The first-order valence-corrected chi connectivity index (χ1v) is 8.46. The Labute approximate surface area is 127 Å². The summed E-state index contributed by atoms with van der Waals surface area (Å²) in [5, 5.41) is 8.98. The lowest BCUT2D eigenvalue weighted by Crippen LogP contribution is -2.44. The quantitative estimate of drug-likeness (QED) is 0.461. The van der Waals surface area contributed by atoms with Crippen LogP contribution in [-0.2, 0) is 16.0 Å². The Morgan fingerprint density at radius 1 is 1.32 bits per heavy atom. The van der Waals surface area contributed by atoms with Crippen LogP contribution >= 0.6 is 7.60 Å². The number of carbonyl (C=O) groups is 1. The third-order valence-corrected chi connectivity index (χ3v) is 4.08. The molecule has 1 fully saturated rings. The Hall–Kier alpha value is -1.89. The van der Waals surface area contributed by atoms with Crippen LogP contribution in [0.25, 0.3) is 0 Å². The summed E-state index contributed by atoms with van der Waals surface area (Å²) in [6, 6.07) is 8.90. The van der Waals surface area contributed by atoms with E-state index in [0.717, 1.165) is 5.56 Å². The Balaban J connectivity index is 2.01. The van der Waals surface area contributed by atoms with Crippen LogP contribution in [0, 0.1) is 0 Å². The number of benzene rings is 1. The molecule has 1 aliphatic rings. The van der Waals surface area contributed by atoms with Gasteiger partial charge in [0.05, 0.1) is 6.16 Å². The molecule has 1 heterocycles. The first kappa shape index (κ1) is 16.5. The van der Waals surface area contributed by atoms with E-state index in [-0.39, 0.29) is 25.0 Å². The zero-order valence-corrected chi connectivity index (χ0v) is 12.9. The summed E-state index contributed by atoms with van der Waals surface area (Å²) < 4.78 is 11.0. The van der Waals surface area contributed by atoms with Crippen LogP contribution in [0.1, 0.15) is 18.9 Å². The van der Waals surface area contributed by atoms with Crippen LogP contribution in [-0.4, -0.2) is 33.4 Å². The zero-order chi connectivity index (χ0) is 16.2. The number of rotatable bonds is 6. The molecule has 0 saturated carbocycles. The molecule has 0 radical (unpaired) electrons. The highest BCUT2D eigenvalue weighted by Gasteiger charge is 2.41. The molecule has 0 spiro atoms. The van der Waals surface area contributed by atoms with Crippen molar-refractivity contribution < 1.29 is 24.0 Å². The van der Waals surface area contributed by atoms with Gasteiger partial charge in [0.1, 0.15) is 12.1 Å². The van der Waals surface area contributed by atoms with Gasteiger partial charge in [-0.2, -0.15) is 0 Å². The molecule has 4 N–H and O–H groups in total. The monoisotopic (exact) mass is 327 g/mol. The second kappa shape index (κ2) is 6.48. The van der Waals surface area contributed by atoms with E-state index in [9.17, 15) is 9.36 Å². The van der Waals surface area contributed by atoms with Gasteiger partial charge in [0, 0.05) is 0 Å². The summed E-state index contributed by atoms with van der Waals surface area (Å²) in [7, 11) is -4.16. The summed E-state index contributed by atoms with van der Waals surface area (Å²) in [6.45, 7) is 1.86. The number of nitrogens with zero attached hydrogens (tertiary/aromatic N) is 1. The first-order valence-electron chi connectivity index (χ1n) is 6.67. The number of carbonyl (C=O) groups excluding carboxylic acids is 1. The van der Waals surface area contributed by atoms with E-state index in [4.69, 9.17) is 14.6 Å². The van der Waals surface area contributed by atoms with Crippen molar-refractivity contribution in [3.05, 3.63) is 35.9 Å². The lowest BCUT2D eigenvalue weighted by Gasteiger charge is -2.22. The van der Waals surface area contributed by atoms with Crippen LogP contribution in [0.2, 0.25) is 0 Å². The Morgan fingerprint density at radius 2 is 2.00 bits per heavy atom. The maximum atomic E-state index is 11.5. The molecule has 0 aliphatic carbocycles. The van der Waals surface area contributed by atoms with Crippen molar-refractivity contribution in [2.24, 2.45) is 5.16 Å². The molecule has 1 saturated heterocycles. The van der Waals surface area contributed by atoms with Crippen molar-refractivity contribution in [2.75, 3.05) is 6.16 Å². The second-order valence-electron chi connectivity index (χ2n) is 5.25. The lowest BCUT2D eigenvalue weighted by molar-refractivity contribution is 0.128. The van der Waals surface area contributed by atoms with Gasteiger partial charge in [-0.3, -0.25) is 9.88 Å². The number of urea groups is 1. The minimum absolute atomic E-state index is 0.0452. The average Bonchev–Trinajstić information content (AvgIpc) is 2.72. The smallest absolute Gasteiger partial charge is 0.325 e. The van der Waals surface area contributed by atoms with E-state index in [1.54, 1.807) is 6.92 Å². The number of hydrogen-bond acceptors (Lipinski definition) is 4. The topological polar surface area (TPSA) is 120 Å². The van der Waals surface area contributed by atoms with Crippen molar-refractivity contribution in [1.29, 1.82) is 0 Å². The highest BCUT2D eigenvalue weighted by Crippen LogP contribution is 2.37. The van der Waals surface area contributed by atoms with E-state index in [1.165, 1.54) is 0 Å². The van der Waals surface area contributed by atoms with Crippen molar-refractivity contribution in [1.82, 2.24) is 10.6 Å². The normalized spacial score (nSPS) is 23.2. The van der Waals surface area contributed by atoms with Gasteiger partial charge in [0.2, 0.25) is 0 Å². The predicted molar refractivity (Wildman–Crippen MR) is 80.3 cm³/mol. The SMILES string of the molecule is CC1(CCP(=O)(O)O)NC(=O)N/C1=N/OCc1ccccc1.